The van der Waals surface area contributed by atoms with Crippen LogP contribution in [0.2, 0.25) is 0 Å². The van der Waals surface area contributed by atoms with Gasteiger partial charge in [-0.25, -0.2) is 4.79 Å². The number of carbonyl (C=O) groups is 2. The van der Waals surface area contributed by atoms with Crippen molar-refractivity contribution in [2.45, 2.75) is 49.7 Å². The number of rotatable bonds is 10. The summed E-state index contributed by atoms with van der Waals surface area (Å²) in [6.07, 6.45) is -2.06. The third kappa shape index (κ3) is 7.10. The molecule has 0 unspecified atom stereocenters. The van der Waals surface area contributed by atoms with E-state index in [4.69, 9.17) is 18.9 Å². The van der Waals surface area contributed by atoms with Gasteiger partial charge < -0.3 is 44.5 Å². The standard InChI is InChI=1S/C24H30O11/c1-32-18-10-13(2-6-17(18)27)3-7-20(28)34-12-19-21(29)22(30)23(31)24(35-19)33-9-8-16(26)14-4-5-15(25)11-14/h2-7,10,14,16,19,21-24,26-27,29-31H,8-9,11-12H2,1H3/b7-3+/t14-,16+,19-,21-,22+,23-,24-/m1/s1. The first-order valence-corrected chi connectivity index (χ1v) is 11.1. The summed E-state index contributed by atoms with van der Waals surface area (Å²) in [5, 5.41) is 50.3. The third-order valence-corrected chi connectivity index (χ3v) is 5.83. The molecule has 1 aliphatic carbocycles. The Labute approximate surface area is 201 Å². The zero-order valence-corrected chi connectivity index (χ0v) is 19.1. The first-order valence-electron chi connectivity index (χ1n) is 11.1. The van der Waals surface area contributed by atoms with Crippen LogP contribution in [0.4, 0.5) is 0 Å². The van der Waals surface area contributed by atoms with Crippen LogP contribution in [0.3, 0.4) is 0 Å². The van der Waals surface area contributed by atoms with Crippen LogP contribution in [0.15, 0.2) is 36.4 Å². The number of aliphatic hydroxyl groups is 4. The molecule has 7 atom stereocenters. The van der Waals surface area contributed by atoms with Crippen molar-refractivity contribution in [2.24, 2.45) is 5.92 Å². The molecule has 1 fully saturated rings. The van der Waals surface area contributed by atoms with Gasteiger partial charge >= 0.3 is 5.97 Å². The highest BCUT2D eigenvalue weighted by Crippen LogP contribution is 2.27. The molecule has 192 valence electrons. The fourth-order valence-electron chi connectivity index (χ4n) is 3.75. The summed E-state index contributed by atoms with van der Waals surface area (Å²) in [7, 11) is 1.39. The molecule has 11 nitrogen and oxygen atoms in total. The molecule has 1 aliphatic heterocycles. The smallest absolute Gasteiger partial charge is 0.330 e. The average molecular weight is 494 g/mol. The fourth-order valence-corrected chi connectivity index (χ4v) is 3.75. The molecule has 3 rings (SSSR count). The van der Waals surface area contributed by atoms with Crippen LogP contribution in [-0.4, -0.2) is 94.4 Å². The summed E-state index contributed by atoms with van der Waals surface area (Å²) >= 11 is 0. The van der Waals surface area contributed by atoms with Crippen molar-refractivity contribution in [3.63, 3.8) is 0 Å². The molecule has 0 saturated carbocycles. The number of allylic oxidation sites excluding steroid dienone is 1. The molecule has 35 heavy (non-hydrogen) atoms. The van der Waals surface area contributed by atoms with Crippen LogP contribution in [0.25, 0.3) is 6.08 Å². The van der Waals surface area contributed by atoms with Gasteiger partial charge in [-0.1, -0.05) is 12.1 Å². The molecule has 1 heterocycles. The van der Waals surface area contributed by atoms with E-state index in [0.717, 1.165) is 6.08 Å². The van der Waals surface area contributed by atoms with Gasteiger partial charge in [-0.05, 0) is 36.3 Å². The maximum Gasteiger partial charge on any atom is 0.330 e. The number of aromatic hydroxyl groups is 1. The van der Waals surface area contributed by atoms with Gasteiger partial charge in [0.05, 0.1) is 19.8 Å². The van der Waals surface area contributed by atoms with E-state index < -0.39 is 49.4 Å². The number of ketones is 1. The predicted octanol–water partition coefficient (Wildman–Crippen LogP) is -0.322. The summed E-state index contributed by atoms with van der Waals surface area (Å²) in [6, 6.07) is 4.49. The van der Waals surface area contributed by atoms with Crippen LogP contribution in [0.1, 0.15) is 18.4 Å². The number of aliphatic hydroxyl groups excluding tert-OH is 4. The Morgan fingerprint density at radius 2 is 2.00 bits per heavy atom. The van der Waals surface area contributed by atoms with E-state index in [9.17, 15) is 35.1 Å². The minimum atomic E-state index is -1.61. The average Bonchev–Trinajstić information content (AvgIpc) is 3.29. The van der Waals surface area contributed by atoms with Crippen molar-refractivity contribution in [1.29, 1.82) is 0 Å². The number of ether oxygens (including phenoxy) is 4. The molecule has 0 amide bonds. The largest absolute Gasteiger partial charge is 0.504 e. The Bertz CT molecular complexity index is 943. The molecule has 11 heteroatoms. The second-order valence-electron chi connectivity index (χ2n) is 8.33. The van der Waals surface area contributed by atoms with Gasteiger partial charge in [-0.15, -0.1) is 0 Å². The highest BCUT2D eigenvalue weighted by Gasteiger charge is 2.44. The van der Waals surface area contributed by atoms with Crippen LogP contribution < -0.4 is 4.74 Å². The predicted molar refractivity (Wildman–Crippen MR) is 120 cm³/mol. The monoisotopic (exact) mass is 494 g/mol. The molecule has 2 aliphatic rings. The van der Waals surface area contributed by atoms with E-state index in [1.54, 1.807) is 12.1 Å². The SMILES string of the molecule is COc1cc(/C=C/C(=O)OC[C@H]2O[C@@H](OCC[C@H](O)[C@@H]3C=CC(=O)C3)[C@H](O)[C@@H](O)[C@@H]2O)ccc1O. The highest BCUT2D eigenvalue weighted by atomic mass is 16.7. The number of phenols is 1. The second kappa shape index (κ2) is 12.2. The summed E-state index contributed by atoms with van der Waals surface area (Å²) in [5.41, 5.74) is 0.567. The molecular weight excluding hydrogens is 464 g/mol. The van der Waals surface area contributed by atoms with Gasteiger partial charge in [-0.2, -0.15) is 0 Å². The third-order valence-electron chi connectivity index (χ3n) is 5.83. The van der Waals surface area contributed by atoms with Gasteiger partial charge in [0.1, 0.15) is 31.0 Å². The molecule has 0 spiro atoms. The number of carbonyl (C=O) groups excluding carboxylic acids is 2. The van der Waals surface area contributed by atoms with E-state index in [1.807, 2.05) is 0 Å². The zero-order valence-electron chi connectivity index (χ0n) is 19.1. The second-order valence-corrected chi connectivity index (χ2v) is 8.33. The molecule has 1 aromatic rings. The van der Waals surface area contributed by atoms with Crippen LogP contribution in [0.5, 0.6) is 11.5 Å². The van der Waals surface area contributed by atoms with Crippen molar-refractivity contribution >= 4 is 17.8 Å². The molecular formula is C24H30O11. The van der Waals surface area contributed by atoms with Crippen molar-refractivity contribution in [2.75, 3.05) is 20.3 Å². The lowest BCUT2D eigenvalue weighted by molar-refractivity contribution is -0.302. The van der Waals surface area contributed by atoms with Gasteiger partial charge in [0, 0.05) is 18.4 Å². The zero-order chi connectivity index (χ0) is 25.5. The lowest BCUT2D eigenvalue weighted by Crippen LogP contribution is -2.59. The van der Waals surface area contributed by atoms with Gasteiger partial charge in [0.25, 0.3) is 0 Å². The van der Waals surface area contributed by atoms with E-state index in [2.05, 4.69) is 0 Å². The van der Waals surface area contributed by atoms with Gasteiger partial charge in [-0.3, -0.25) is 4.79 Å². The quantitative estimate of drug-likeness (QED) is 0.213. The Hall–Kier alpha value is -2.80. The number of esters is 1. The molecule has 0 radical (unpaired) electrons. The minimum Gasteiger partial charge on any atom is -0.504 e. The van der Waals surface area contributed by atoms with Crippen molar-refractivity contribution in [3.8, 4) is 11.5 Å². The summed E-state index contributed by atoms with van der Waals surface area (Å²) in [4.78, 5) is 23.4. The summed E-state index contributed by atoms with van der Waals surface area (Å²) in [6.45, 7) is -0.472. The maximum atomic E-state index is 12.1. The number of benzene rings is 1. The summed E-state index contributed by atoms with van der Waals surface area (Å²) < 4.78 is 21.0. The molecule has 1 aromatic carbocycles. The van der Waals surface area contributed by atoms with E-state index in [-0.39, 0.29) is 42.6 Å². The Morgan fingerprint density at radius 1 is 1.23 bits per heavy atom. The Morgan fingerprint density at radius 3 is 2.69 bits per heavy atom. The Balaban J connectivity index is 1.48. The number of methoxy groups -OCH3 is 1. The van der Waals surface area contributed by atoms with Crippen LogP contribution >= 0.6 is 0 Å². The molecule has 0 bridgehead atoms. The van der Waals surface area contributed by atoms with E-state index in [0.29, 0.717) is 5.56 Å². The molecule has 5 N–H and O–H groups in total. The number of phenolic OH excluding ortho intramolecular Hbond substituents is 1. The van der Waals surface area contributed by atoms with Crippen molar-refractivity contribution in [1.82, 2.24) is 0 Å². The minimum absolute atomic E-state index is 0.0461. The first-order chi connectivity index (χ1) is 16.7. The normalized spacial score (nSPS) is 29.5. The lowest BCUT2D eigenvalue weighted by Gasteiger charge is -2.40. The topological polar surface area (TPSA) is 172 Å². The van der Waals surface area contributed by atoms with Crippen molar-refractivity contribution < 1.29 is 54.1 Å². The maximum absolute atomic E-state index is 12.1. The number of hydrogen-bond donors (Lipinski definition) is 5. The van der Waals surface area contributed by atoms with Gasteiger partial charge in [0.2, 0.25) is 0 Å². The highest BCUT2D eigenvalue weighted by molar-refractivity contribution is 5.92. The fraction of sp³-hybridized carbons (Fsp3) is 0.500. The van der Waals surface area contributed by atoms with Crippen molar-refractivity contribution in [3.05, 3.63) is 42.0 Å². The molecule has 1 saturated heterocycles. The Kier molecular flexibility index (Phi) is 9.38. The van der Waals surface area contributed by atoms with Crippen LogP contribution in [-0.2, 0) is 23.8 Å². The first kappa shape index (κ1) is 26.8. The van der Waals surface area contributed by atoms with E-state index >= 15 is 0 Å². The number of hydrogen-bond acceptors (Lipinski definition) is 11. The summed E-state index contributed by atoms with van der Waals surface area (Å²) in [5.74, 6) is -0.938. The molecule has 0 aromatic heterocycles. The van der Waals surface area contributed by atoms with E-state index in [1.165, 1.54) is 31.4 Å². The van der Waals surface area contributed by atoms with Crippen LogP contribution in [0, 0.1) is 5.92 Å². The van der Waals surface area contributed by atoms with Gasteiger partial charge in [0.15, 0.2) is 23.6 Å². The lowest BCUT2D eigenvalue weighted by atomic mass is 9.98.